The highest BCUT2D eigenvalue weighted by Crippen LogP contribution is 2.64. The minimum Gasteiger partial charge on any atom is -0.455 e. The number of ether oxygens (including phenoxy) is 1. The maximum Gasteiger partial charge on any atom is 0.488 e. The van der Waals surface area contributed by atoms with Crippen molar-refractivity contribution >= 4 is 42.6 Å². The summed E-state index contributed by atoms with van der Waals surface area (Å²) in [6.07, 6.45) is 0. The molecule has 1 aliphatic heterocycles. The molecule has 218 valence electrons. The van der Waals surface area contributed by atoms with Gasteiger partial charge in [-0.25, -0.2) is 0 Å². The topological polar surface area (TPSA) is 96.0 Å². The standard InChI is InChI=1S/C33H18F2O7S2/c34-43(36,37)41-29-13-5-9-23-21(29)15-17-27-31(23)40-32-24-10-6-14-30(42-44(35,38)39)22(24)16-18-28(32)33(27)25-11-3-1-7-19(25)20-8-2-4-12-26(20)33/h1-18H. The fraction of sp³-hybridized carbons (Fsp3) is 0.0303. The van der Waals surface area contributed by atoms with E-state index in [0.717, 1.165) is 33.4 Å². The van der Waals surface area contributed by atoms with Gasteiger partial charge in [0.2, 0.25) is 0 Å². The second-order valence-electron chi connectivity index (χ2n) is 10.5. The van der Waals surface area contributed by atoms with Gasteiger partial charge in [-0.3, -0.25) is 0 Å². The Morgan fingerprint density at radius 2 is 0.909 bits per heavy atom. The Labute approximate surface area is 250 Å². The minimum absolute atomic E-state index is 0.217. The Morgan fingerprint density at radius 3 is 1.34 bits per heavy atom. The van der Waals surface area contributed by atoms with Gasteiger partial charge in [-0.05, 0) is 46.5 Å². The third-order valence-corrected chi connectivity index (χ3v) is 9.04. The van der Waals surface area contributed by atoms with Crippen LogP contribution in [0.3, 0.4) is 0 Å². The Kier molecular flexibility index (Phi) is 5.45. The first-order valence-electron chi connectivity index (χ1n) is 13.3. The van der Waals surface area contributed by atoms with Gasteiger partial charge in [0.05, 0.1) is 5.41 Å². The molecule has 6 aromatic rings. The number of halogens is 2. The summed E-state index contributed by atoms with van der Waals surface area (Å²) in [6.45, 7) is 0. The lowest BCUT2D eigenvalue weighted by atomic mass is 9.65. The van der Waals surface area contributed by atoms with Crippen molar-refractivity contribution in [2.75, 3.05) is 0 Å². The van der Waals surface area contributed by atoms with Crippen LogP contribution in [0.4, 0.5) is 7.77 Å². The average Bonchev–Trinajstić information content (AvgIpc) is 3.27. The molecule has 0 unspecified atom stereocenters. The molecule has 0 radical (unpaired) electrons. The summed E-state index contributed by atoms with van der Waals surface area (Å²) in [4.78, 5) is 0. The number of fused-ring (bicyclic) bond motifs is 13. The summed E-state index contributed by atoms with van der Waals surface area (Å²) in [5, 5.41) is 1.48. The average molecular weight is 629 g/mol. The smallest absolute Gasteiger partial charge is 0.455 e. The van der Waals surface area contributed by atoms with Gasteiger partial charge in [0.1, 0.15) is 11.5 Å². The molecule has 1 aliphatic carbocycles. The van der Waals surface area contributed by atoms with E-state index in [1.165, 1.54) is 24.3 Å². The van der Waals surface area contributed by atoms with Crippen molar-refractivity contribution in [3.05, 3.63) is 131 Å². The lowest BCUT2D eigenvalue weighted by Gasteiger charge is -2.40. The Bertz CT molecular complexity index is 2270. The molecule has 0 aromatic heterocycles. The highest BCUT2D eigenvalue weighted by molar-refractivity contribution is 7.82. The maximum atomic E-state index is 13.7. The maximum absolute atomic E-state index is 13.7. The van der Waals surface area contributed by atoms with Gasteiger partial charge in [-0.2, -0.15) is 16.8 Å². The second kappa shape index (κ2) is 9.01. The molecule has 7 nitrogen and oxygen atoms in total. The lowest BCUT2D eigenvalue weighted by Crippen LogP contribution is -2.32. The predicted molar refractivity (Wildman–Crippen MR) is 160 cm³/mol. The van der Waals surface area contributed by atoms with Crippen LogP contribution in [0.15, 0.2) is 109 Å². The third kappa shape index (κ3) is 3.76. The summed E-state index contributed by atoms with van der Waals surface area (Å²) in [5.74, 6) is 0.288. The summed E-state index contributed by atoms with van der Waals surface area (Å²) in [5.41, 5.74) is 4.48. The van der Waals surface area contributed by atoms with E-state index < -0.39 is 26.4 Å². The Hall–Kier alpha value is -5.00. The summed E-state index contributed by atoms with van der Waals surface area (Å²) in [6, 6.07) is 32.1. The van der Waals surface area contributed by atoms with Crippen LogP contribution in [0.5, 0.6) is 23.0 Å². The molecular formula is C33H18F2O7S2. The van der Waals surface area contributed by atoms with Gasteiger partial charge >= 0.3 is 21.0 Å². The van der Waals surface area contributed by atoms with Gasteiger partial charge in [0.25, 0.3) is 0 Å². The molecule has 0 N–H and O–H groups in total. The molecule has 8 rings (SSSR count). The number of benzene rings is 6. The van der Waals surface area contributed by atoms with Crippen LogP contribution in [0, 0.1) is 0 Å². The van der Waals surface area contributed by atoms with Gasteiger partial charge in [-0.1, -0.05) is 92.7 Å². The zero-order valence-electron chi connectivity index (χ0n) is 22.3. The van der Waals surface area contributed by atoms with Crippen LogP contribution in [0.2, 0.25) is 0 Å². The molecule has 0 atom stereocenters. The summed E-state index contributed by atoms with van der Waals surface area (Å²) in [7, 11) is -10.6. The zero-order chi connectivity index (χ0) is 30.4. The van der Waals surface area contributed by atoms with Crippen LogP contribution in [0.25, 0.3) is 32.7 Å². The second-order valence-corrected chi connectivity index (χ2v) is 12.4. The highest BCUT2D eigenvalue weighted by atomic mass is 32.3. The predicted octanol–water partition coefficient (Wildman–Crippen LogP) is 7.65. The molecule has 1 heterocycles. The molecule has 11 heteroatoms. The summed E-state index contributed by atoms with van der Waals surface area (Å²) >= 11 is 0. The first kappa shape index (κ1) is 26.6. The van der Waals surface area contributed by atoms with Crippen molar-refractivity contribution in [1.82, 2.24) is 0 Å². The van der Waals surface area contributed by atoms with E-state index in [0.29, 0.717) is 33.0 Å². The van der Waals surface area contributed by atoms with Crippen molar-refractivity contribution in [1.29, 1.82) is 0 Å². The number of rotatable bonds is 4. The molecule has 0 saturated carbocycles. The van der Waals surface area contributed by atoms with Gasteiger partial charge in [-0.15, -0.1) is 0 Å². The molecule has 0 amide bonds. The molecule has 0 bridgehead atoms. The van der Waals surface area contributed by atoms with E-state index in [1.807, 2.05) is 60.7 Å². The Morgan fingerprint density at radius 1 is 0.477 bits per heavy atom. The minimum atomic E-state index is -5.32. The highest BCUT2D eigenvalue weighted by Gasteiger charge is 2.51. The lowest BCUT2D eigenvalue weighted by molar-refractivity contribution is 0.440. The normalized spacial score (nSPS) is 14.4. The van der Waals surface area contributed by atoms with Crippen LogP contribution >= 0.6 is 0 Å². The molecule has 0 fully saturated rings. The van der Waals surface area contributed by atoms with E-state index in [9.17, 15) is 24.6 Å². The van der Waals surface area contributed by atoms with E-state index in [2.05, 4.69) is 8.37 Å². The fourth-order valence-corrected chi connectivity index (χ4v) is 7.56. The van der Waals surface area contributed by atoms with Crippen LogP contribution in [-0.2, 0) is 26.4 Å². The SMILES string of the molecule is O=S(=O)(F)Oc1cccc2c3c(ccc12)C1(c2ccccc2-c2ccccc21)c1ccc2c(OS(=O)(=O)F)cccc2c1O3. The van der Waals surface area contributed by atoms with E-state index >= 15 is 0 Å². The van der Waals surface area contributed by atoms with Crippen molar-refractivity contribution in [2.45, 2.75) is 5.41 Å². The van der Waals surface area contributed by atoms with Gasteiger partial charge in [0.15, 0.2) is 11.5 Å². The molecular weight excluding hydrogens is 610 g/mol. The van der Waals surface area contributed by atoms with E-state index in [-0.39, 0.29) is 11.5 Å². The van der Waals surface area contributed by atoms with E-state index in [1.54, 1.807) is 24.3 Å². The van der Waals surface area contributed by atoms with Crippen LogP contribution in [-0.4, -0.2) is 16.8 Å². The molecule has 2 aliphatic rings. The first-order chi connectivity index (χ1) is 21.1. The van der Waals surface area contributed by atoms with Crippen LogP contribution in [0.1, 0.15) is 22.3 Å². The molecule has 6 aromatic carbocycles. The largest absolute Gasteiger partial charge is 0.488 e. The van der Waals surface area contributed by atoms with Crippen LogP contribution < -0.4 is 13.1 Å². The Balaban J connectivity index is 1.53. The number of hydrogen-bond acceptors (Lipinski definition) is 7. The number of hydrogen-bond donors (Lipinski definition) is 0. The first-order valence-corrected chi connectivity index (χ1v) is 16.0. The van der Waals surface area contributed by atoms with Gasteiger partial charge in [0, 0.05) is 32.7 Å². The van der Waals surface area contributed by atoms with Gasteiger partial charge < -0.3 is 13.1 Å². The molecule has 1 spiro atoms. The zero-order valence-corrected chi connectivity index (χ0v) is 24.0. The van der Waals surface area contributed by atoms with E-state index in [4.69, 9.17) is 4.74 Å². The third-order valence-electron chi connectivity index (χ3n) is 8.29. The quantitative estimate of drug-likeness (QED) is 0.185. The van der Waals surface area contributed by atoms with Crippen molar-refractivity contribution in [3.63, 3.8) is 0 Å². The van der Waals surface area contributed by atoms with Crippen molar-refractivity contribution in [3.8, 4) is 34.1 Å². The molecule has 44 heavy (non-hydrogen) atoms. The van der Waals surface area contributed by atoms with Crippen molar-refractivity contribution in [2.24, 2.45) is 0 Å². The fourth-order valence-electron chi connectivity index (χ4n) is 6.84. The van der Waals surface area contributed by atoms with Crippen molar-refractivity contribution < 1.29 is 37.7 Å². The summed E-state index contributed by atoms with van der Waals surface area (Å²) < 4.78 is 89.2. The monoisotopic (exact) mass is 628 g/mol. The molecule has 0 saturated heterocycles.